The highest BCUT2D eigenvalue weighted by Gasteiger charge is 2.28. The molecule has 0 aromatic heterocycles. The standard InChI is InChI=1S/C13H20N2O/c1-2-9(8-16)15-13-7-12(14)10-5-3-4-6-11(10)13/h3-6,9,12-13,15-16H,2,7-8,14H2,1H3. The summed E-state index contributed by atoms with van der Waals surface area (Å²) in [6.45, 7) is 2.26. The van der Waals surface area contributed by atoms with E-state index in [0.717, 1.165) is 12.8 Å². The fourth-order valence-electron chi connectivity index (χ4n) is 2.42. The van der Waals surface area contributed by atoms with Crippen molar-refractivity contribution in [3.63, 3.8) is 0 Å². The van der Waals surface area contributed by atoms with Gasteiger partial charge in [-0.25, -0.2) is 0 Å². The van der Waals surface area contributed by atoms with Gasteiger partial charge >= 0.3 is 0 Å². The predicted molar refractivity (Wildman–Crippen MR) is 65.0 cm³/mol. The molecule has 88 valence electrons. The minimum atomic E-state index is 0.130. The zero-order valence-electron chi connectivity index (χ0n) is 9.69. The molecule has 0 spiro atoms. The molecule has 0 aliphatic heterocycles. The fraction of sp³-hybridized carbons (Fsp3) is 0.538. The van der Waals surface area contributed by atoms with Crippen molar-refractivity contribution in [2.24, 2.45) is 5.73 Å². The van der Waals surface area contributed by atoms with E-state index in [1.807, 2.05) is 12.1 Å². The summed E-state index contributed by atoms with van der Waals surface area (Å²) >= 11 is 0. The van der Waals surface area contributed by atoms with Crippen molar-refractivity contribution in [3.8, 4) is 0 Å². The molecule has 0 amide bonds. The third kappa shape index (κ3) is 2.12. The molecule has 3 heteroatoms. The van der Waals surface area contributed by atoms with Crippen LogP contribution in [0.2, 0.25) is 0 Å². The van der Waals surface area contributed by atoms with Crippen LogP contribution in [0.3, 0.4) is 0 Å². The summed E-state index contributed by atoms with van der Waals surface area (Å²) in [7, 11) is 0. The van der Waals surface area contributed by atoms with Crippen molar-refractivity contribution in [1.29, 1.82) is 0 Å². The molecule has 1 aromatic carbocycles. The number of nitrogens with two attached hydrogens (primary N) is 1. The number of benzene rings is 1. The zero-order chi connectivity index (χ0) is 11.5. The second-order valence-corrected chi connectivity index (χ2v) is 4.48. The molecule has 0 saturated carbocycles. The maximum Gasteiger partial charge on any atom is 0.0584 e. The number of aliphatic hydroxyl groups is 1. The zero-order valence-corrected chi connectivity index (χ0v) is 9.69. The first kappa shape index (κ1) is 11.6. The van der Waals surface area contributed by atoms with Gasteiger partial charge in [0.1, 0.15) is 0 Å². The van der Waals surface area contributed by atoms with Crippen molar-refractivity contribution in [3.05, 3.63) is 35.4 Å². The molecule has 3 nitrogen and oxygen atoms in total. The maximum atomic E-state index is 9.21. The van der Waals surface area contributed by atoms with E-state index in [2.05, 4.69) is 24.4 Å². The van der Waals surface area contributed by atoms with Crippen LogP contribution in [0.15, 0.2) is 24.3 Å². The van der Waals surface area contributed by atoms with E-state index in [1.54, 1.807) is 0 Å². The highest BCUT2D eigenvalue weighted by Crippen LogP contribution is 2.37. The molecular weight excluding hydrogens is 200 g/mol. The summed E-state index contributed by atoms with van der Waals surface area (Å²) in [5.74, 6) is 0. The summed E-state index contributed by atoms with van der Waals surface area (Å²) in [6.07, 6.45) is 1.86. The minimum absolute atomic E-state index is 0.130. The van der Waals surface area contributed by atoms with Gasteiger partial charge in [0.15, 0.2) is 0 Å². The first-order chi connectivity index (χ1) is 7.76. The van der Waals surface area contributed by atoms with Gasteiger partial charge in [0.25, 0.3) is 0 Å². The van der Waals surface area contributed by atoms with Gasteiger partial charge in [-0.3, -0.25) is 0 Å². The van der Waals surface area contributed by atoms with Gasteiger partial charge < -0.3 is 16.2 Å². The van der Waals surface area contributed by atoms with Gasteiger partial charge in [-0.05, 0) is 24.0 Å². The van der Waals surface area contributed by atoms with Crippen molar-refractivity contribution >= 4 is 0 Å². The lowest BCUT2D eigenvalue weighted by Crippen LogP contribution is -2.34. The normalized spacial score (nSPS) is 25.4. The Bertz CT molecular complexity index is 350. The van der Waals surface area contributed by atoms with E-state index in [9.17, 15) is 5.11 Å². The molecular formula is C13H20N2O. The maximum absolute atomic E-state index is 9.21. The number of hydrogen-bond donors (Lipinski definition) is 3. The summed E-state index contributed by atoms with van der Waals surface area (Å²) < 4.78 is 0. The van der Waals surface area contributed by atoms with Gasteiger partial charge in [-0.2, -0.15) is 0 Å². The van der Waals surface area contributed by atoms with E-state index in [0.29, 0.717) is 6.04 Å². The first-order valence-corrected chi connectivity index (χ1v) is 5.97. The molecule has 3 unspecified atom stereocenters. The van der Waals surface area contributed by atoms with Crippen LogP contribution >= 0.6 is 0 Å². The lowest BCUT2D eigenvalue weighted by molar-refractivity contribution is 0.226. The highest BCUT2D eigenvalue weighted by molar-refractivity contribution is 5.37. The lowest BCUT2D eigenvalue weighted by Gasteiger charge is -2.20. The SMILES string of the molecule is CCC(CO)NC1CC(N)c2ccccc21. The van der Waals surface area contributed by atoms with Crippen LogP contribution in [0.4, 0.5) is 0 Å². The number of nitrogens with one attached hydrogen (secondary N) is 1. The largest absolute Gasteiger partial charge is 0.395 e. The Balaban J connectivity index is 2.14. The summed E-state index contributed by atoms with van der Waals surface area (Å²) in [6, 6.07) is 8.90. The second-order valence-electron chi connectivity index (χ2n) is 4.48. The molecule has 16 heavy (non-hydrogen) atoms. The number of aliphatic hydroxyl groups excluding tert-OH is 1. The predicted octanol–water partition coefficient (Wildman–Crippen LogP) is 1.49. The van der Waals surface area contributed by atoms with Gasteiger partial charge in [0, 0.05) is 18.1 Å². The summed E-state index contributed by atoms with van der Waals surface area (Å²) in [5, 5.41) is 12.7. The molecule has 0 bridgehead atoms. The van der Waals surface area contributed by atoms with Gasteiger partial charge in [0.2, 0.25) is 0 Å². The van der Waals surface area contributed by atoms with Crippen LogP contribution in [0, 0.1) is 0 Å². The van der Waals surface area contributed by atoms with Crippen LogP contribution < -0.4 is 11.1 Å². The molecule has 3 atom stereocenters. The quantitative estimate of drug-likeness (QED) is 0.720. The smallest absolute Gasteiger partial charge is 0.0584 e. The van der Waals surface area contributed by atoms with Crippen LogP contribution in [-0.2, 0) is 0 Å². The van der Waals surface area contributed by atoms with Crippen molar-refractivity contribution in [2.45, 2.75) is 37.9 Å². The van der Waals surface area contributed by atoms with Crippen LogP contribution in [0.5, 0.6) is 0 Å². The van der Waals surface area contributed by atoms with Crippen LogP contribution in [0.1, 0.15) is 43.0 Å². The van der Waals surface area contributed by atoms with E-state index in [-0.39, 0.29) is 18.7 Å². The second kappa shape index (κ2) is 4.95. The fourth-order valence-corrected chi connectivity index (χ4v) is 2.42. The number of hydrogen-bond acceptors (Lipinski definition) is 3. The molecule has 0 radical (unpaired) electrons. The van der Waals surface area contributed by atoms with E-state index in [4.69, 9.17) is 5.73 Å². The molecule has 2 rings (SSSR count). The molecule has 1 aromatic rings. The van der Waals surface area contributed by atoms with Gasteiger partial charge in [0.05, 0.1) is 6.61 Å². The van der Waals surface area contributed by atoms with Crippen molar-refractivity contribution in [2.75, 3.05) is 6.61 Å². The molecule has 1 aliphatic rings. The lowest BCUT2D eigenvalue weighted by atomic mass is 10.1. The number of rotatable bonds is 4. The Hall–Kier alpha value is -0.900. The number of fused-ring (bicyclic) bond motifs is 1. The van der Waals surface area contributed by atoms with Gasteiger partial charge in [-0.1, -0.05) is 31.2 Å². The Morgan fingerprint density at radius 1 is 1.44 bits per heavy atom. The van der Waals surface area contributed by atoms with Gasteiger partial charge in [-0.15, -0.1) is 0 Å². The average Bonchev–Trinajstić information content (AvgIpc) is 2.64. The molecule has 1 aliphatic carbocycles. The van der Waals surface area contributed by atoms with Crippen LogP contribution in [-0.4, -0.2) is 17.8 Å². The third-order valence-corrected chi connectivity index (χ3v) is 3.41. The third-order valence-electron chi connectivity index (χ3n) is 3.41. The van der Waals surface area contributed by atoms with E-state index in [1.165, 1.54) is 11.1 Å². The summed E-state index contributed by atoms with van der Waals surface area (Å²) in [5.41, 5.74) is 8.63. The topological polar surface area (TPSA) is 58.3 Å². The van der Waals surface area contributed by atoms with Crippen molar-refractivity contribution in [1.82, 2.24) is 5.32 Å². The molecule has 0 fully saturated rings. The Labute approximate surface area is 96.7 Å². The molecule has 4 N–H and O–H groups in total. The average molecular weight is 220 g/mol. The first-order valence-electron chi connectivity index (χ1n) is 5.97. The Morgan fingerprint density at radius 2 is 2.12 bits per heavy atom. The van der Waals surface area contributed by atoms with E-state index < -0.39 is 0 Å². The van der Waals surface area contributed by atoms with E-state index >= 15 is 0 Å². The minimum Gasteiger partial charge on any atom is -0.395 e. The summed E-state index contributed by atoms with van der Waals surface area (Å²) in [4.78, 5) is 0. The highest BCUT2D eigenvalue weighted by atomic mass is 16.3. The van der Waals surface area contributed by atoms with Crippen LogP contribution in [0.25, 0.3) is 0 Å². The molecule has 0 heterocycles. The Kier molecular flexibility index (Phi) is 3.59. The van der Waals surface area contributed by atoms with Crippen molar-refractivity contribution < 1.29 is 5.11 Å². The molecule has 0 saturated heterocycles. The monoisotopic (exact) mass is 220 g/mol. The Morgan fingerprint density at radius 3 is 2.75 bits per heavy atom.